The van der Waals surface area contributed by atoms with Gasteiger partial charge in [-0.3, -0.25) is 4.79 Å². The van der Waals surface area contributed by atoms with Crippen LogP contribution < -0.4 is 10.1 Å². The van der Waals surface area contributed by atoms with Gasteiger partial charge in [-0.05, 0) is 52.2 Å². The summed E-state index contributed by atoms with van der Waals surface area (Å²) in [4.78, 5) is 12.4. The second-order valence-electron chi connectivity index (χ2n) is 4.13. The van der Waals surface area contributed by atoms with E-state index in [0.717, 1.165) is 9.35 Å². The van der Waals surface area contributed by atoms with Crippen LogP contribution in [-0.4, -0.2) is 19.1 Å². The molecule has 0 saturated heterocycles. The fourth-order valence-electron chi connectivity index (χ4n) is 1.68. The molecule has 0 unspecified atom stereocenters. The average molecular weight is 376 g/mol. The molecule has 1 heterocycles. The summed E-state index contributed by atoms with van der Waals surface area (Å²) in [5.74, 6) is 0.00424. The second kappa shape index (κ2) is 7.51. The molecule has 1 amide bonds. The molecule has 7 heteroatoms. The number of hydrogen-bond acceptors (Lipinski definition) is 3. The van der Waals surface area contributed by atoms with Crippen molar-refractivity contribution in [2.75, 3.05) is 6.54 Å². The highest BCUT2D eigenvalue weighted by atomic mass is 79.9. The Bertz CT molecular complexity index is 601. The number of benzene rings is 1. The number of carbonyl (C=O) groups is 1. The highest BCUT2D eigenvalue weighted by Crippen LogP contribution is 2.21. The first kappa shape index (κ1) is 15.9. The number of carbonyl (C=O) groups excluding carboxylic acids is 1. The third-order valence-corrected chi connectivity index (χ3v) is 4.27. The Labute approximate surface area is 133 Å². The monoisotopic (exact) mass is 375 g/mol. The first-order valence-corrected chi connectivity index (χ1v) is 7.73. The molecule has 0 atom stereocenters. The van der Waals surface area contributed by atoms with Gasteiger partial charge in [-0.2, -0.15) is 8.78 Å². The Morgan fingerprint density at radius 1 is 1.24 bits per heavy atom. The van der Waals surface area contributed by atoms with Crippen molar-refractivity contribution >= 4 is 33.2 Å². The standard InChI is InChI=1S/C14H12BrF2NO2S/c15-12-6-5-11(21-12)13(19)18-8-7-9-1-3-10(4-2-9)20-14(16)17/h1-6,14H,7-8H2,(H,18,19). The van der Waals surface area contributed by atoms with E-state index in [4.69, 9.17) is 0 Å². The second-order valence-corrected chi connectivity index (χ2v) is 6.60. The molecule has 3 nitrogen and oxygen atoms in total. The lowest BCUT2D eigenvalue weighted by Crippen LogP contribution is -2.24. The van der Waals surface area contributed by atoms with Crippen molar-refractivity contribution in [3.63, 3.8) is 0 Å². The summed E-state index contributed by atoms with van der Waals surface area (Å²) < 4.78 is 29.2. The van der Waals surface area contributed by atoms with E-state index < -0.39 is 6.61 Å². The van der Waals surface area contributed by atoms with Gasteiger partial charge in [-0.25, -0.2) is 0 Å². The SMILES string of the molecule is O=C(NCCc1ccc(OC(F)F)cc1)c1ccc(Br)s1. The Balaban J connectivity index is 1.79. The highest BCUT2D eigenvalue weighted by molar-refractivity contribution is 9.11. The Kier molecular flexibility index (Phi) is 5.69. The molecule has 0 fully saturated rings. The van der Waals surface area contributed by atoms with E-state index in [9.17, 15) is 13.6 Å². The van der Waals surface area contributed by atoms with Crippen molar-refractivity contribution in [1.82, 2.24) is 5.32 Å². The smallest absolute Gasteiger partial charge is 0.387 e. The summed E-state index contributed by atoms with van der Waals surface area (Å²) in [6, 6.07) is 9.94. The number of alkyl halides is 2. The number of hydrogen-bond donors (Lipinski definition) is 1. The van der Waals surface area contributed by atoms with Gasteiger partial charge in [0.25, 0.3) is 5.91 Å². The zero-order valence-electron chi connectivity index (χ0n) is 10.8. The Hall–Kier alpha value is -1.47. The molecule has 2 aromatic rings. The van der Waals surface area contributed by atoms with Crippen LogP contribution in [0.25, 0.3) is 0 Å². The quantitative estimate of drug-likeness (QED) is 0.825. The minimum absolute atomic E-state index is 0.122. The number of halogens is 3. The van der Waals surface area contributed by atoms with Gasteiger partial charge >= 0.3 is 6.61 Å². The summed E-state index contributed by atoms with van der Waals surface area (Å²) in [6.07, 6.45) is 0.618. The number of nitrogens with one attached hydrogen (secondary N) is 1. The van der Waals surface area contributed by atoms with Crippen LogP contribution in [0.15, 0.2) is 40.2 Å². The first-order valence-electron chi connectivity index (χ1n) is 6.12. The number of amides is 1. The molecule has 0 saturated carbocycles. The van der Waals surface area contributed by atoms with Crippen LogP contribution in [0.1, 0.15) is 15.2 Å². The van der Waals surface area contributed by atoms with Crippen molar-refractivity contribution in [2.45, 2.75) is 13.0 Å². The maximum Gasteiger partial charge on any atom is 0.387 e. The molecule has 0 bridgehead atoms. The molecule has 0 aliphatic heterocycles. The molecule has 0 radical (unpaired) electrons. The van der Waals surface area contributed by atoms with Gasteiger partial charge in [0.15, 0.2) is 0 Å². The van der Waals surface area contributed by atoms with E-state index in [0.29, 0.717) is 17.8 Å². The van der Waals surface area contributed by atoms with E-state index in [1.165, 1.54) is 23.5 Å². The zero-order valence-corrected chi connectivity index (χ0v) is 13.2. The van der Waals surface area contributed by atoms with Crippen molar-refractivity contribution < 1.29 is 18.3 Å². The van der Waals surface area contributed by atoms with Crippen LogP contribution in [0, 0.1) is 0 Å². The molecular formula is C14H12BrF2NO2S. The molecular weight excluding hydrogens is 364 g/mol. The molecule has 2 rings (SSSR count). The van der Waals surface area contributed by atoms with Gasteiger partial charge in [0.2, 0.25) is 0 Å². The average Bonchev–Trinajstić information content (AvgIpc) is 2.87. The fraction of sp³-hybridized carbons (Fsp3) is 0.214. The molecule has 1 aromatic carbocycles. The number of ether oxygens (including phenoxy) is 1. The molecule has 1 N–H and O–H groups in total. The molecule has 112 valence electrons. The van der Waals surface area contributed by atoms with Gasteiger partial charge in [0, 0.05) is 6.54 Å². The first-order chi connectivity index (χ1) is 10.0. The fourth-order valence-corrected chi connectivity index (χ4v) is 2.98. The van der Waals surface area contributed by atoms with Crippen LogP contribution in [0.5, 0.6) is 5.75 Å². The third kappa shape index (κ3) is 5.09. The molecule has 1 aromatic heterocycles. The lowest BCUT2D eigenvalue weighted by molar-refractivity contribution is -0.0498. The predicted molar refractivity (Wildman–Crippen MR) is 81.1 cm³/mol. The molecule has 0 aliphatic carbocycles. The van der Waals surface area contributed by atoms with E-state index >= 15 is 0 Å². The summed E-state index contributed by atoms with van der Waals surface area (Å²) in [5, 5.41) is 2.81. The van der Waals surface area contributed by atoms with Crippen LogP contribution in [0.2, 0.25) is 0 Å². The lowest BCUT2D eigenvalue weighted by Gasteiger charge is -2.06. The van der Waals surface area contributed by atoms with Gasteiger partial charge in [-0.15, -0.1) is 11.3 Å². The van der Waals surface area contributed by atoms with E-state index in [1.54, 1.807) is 18.2 Å². The minimum Gasteiger partial charge on any atom is -0.435 e. The normalized spacial score (nSPS) is 10.7. The highest BCUT2D eigenvalue weighted by Gasteiger charge is 2.08. The third-order valence-electron chi connectivity index (χ3n) is 2.64. The van der Waals surface area contributed by atoms with E-state index in [1.807, 2.05) is 6.07 Å². The molecule has 0 aliphatic rings. The Morgan fingerprint density at radius 3 is 2.52 bits per heavy atom. The summed E-state index contributed by atoms with van der Waals surface area (Å²) >= 11 is 4.67. The largest absolute Gasteiger partial charge is 0.435 e. The van der Waals surface area contributed by atoms with Crippen molar-refractivity contribution in [1.29, 1.82) is 0 Å². The maximum atomic E-state index is 12.0. The van der Waals surface area contributed by atoms with Gasteiger partial charge in [0.05, 0.1) is 8.66 Å². The summed E-state index contributed by atoms with van der Waals surface area (Å²) in [6.45, 7) is -2.34. The van der Waals surface area contributed by atoms with E-state index in [2.05, 4.69) is 26.0 Å². The van der Waals surface area contributed by atoms with Crippen LogP contribution >= 0.6 is 27.3 Å². The zero-order chi connectivity index (χ0) is 15.2. The van der Waals surface area contributed by atoms with Crippen molar-refractivity contribution in [3.05, 3.63) is 50.6 Å². The lowest BCUT2D eigenvalue weighted by atomic mass is 10.1. The topological polar surface area (TPSA) is 38.3 Å². The van der Waals surface area contributed by atoms with Crippen molar-refractivity contribution in [2.24, 2.45) is 0 Å². The predicted octanol–water partition coefficient (Wildman–Crippen LogP) is 4.08. The number of rotatable bonds is 6. The van der Waals surface area contributed by atoms with Gasteiger partial charge in [-0.1, -0.05) is 12.1 Å². The van der Waals surface area contributed by atoms with Gasteiger partial charge in [0.1, 0.15) is 5.75 Å². The summed E-state index contributed by atoms with van der Waals surface area (Å²) in [7, 11) is 0. The maximum absolute atomic E-state index is 12.0. The molecule has 21 heavy (non-hydrogen) atoms. The van der Waals surface area contributed by atoms with Crippen LogP contribution in [0.4, 0.5) is 8.78 Å². The number of thiophene rings is 1. The van der Waals surface area contributed by atoms with Gasteiger partial charge < -0.3 is 10.1 Å². The summed E-state index contributed by atoms with van der Waals surface area (Å²) in [5.41, 5.74) is 0.935. The Morgan fingerprint density at radius 2 is 1.95 bits per heavy atom. The van der Waals surface area contributed by atoms with Crippen LogP contribution in [0.3, 0.4) is 0 Å². The van der Waals surface area contributed by atoms with Crippen molar-refractivity contribution in [3.8, 4) is 5.75 Å². The minimum atomic E-state index is -2.82. The van der Waals surface area contributed by atoms with E-state index in [-0.39, 0.29) is 11.7 Å². The van der Waals surface area contributed by atoms with Crippen LogP contribution in [-0.2, 0) is 6.42 Å². The molecule has 0 spiro atoms.